The topological polar surface area (TPSA) is 89.1 Å². The standard InChI is InChI=1S/C19H25ClN4O2/c1-18(2)13-7-8-19(18,3)15(10-13)22-23-16(25)11-26-24-17(21)12-5-4-6-14(20)9-12/h4-6,9,13H,7-8,10-11H2,1-3H3,(H2,21,24)(H,23,25). The predicted molar refractivity (Wildman–Crippen MR) is 103 cm³/mol. The summed E-state index contributed by atoms with van der Waals surface area (Å²) in [5, 5.41) is 8.69. The van der Waals surface area contributed by atoms with Crippen molar-refractivity contribution in [3.8, 4) is 0 Å². The van der Waals surface area contributed by atoms with E-state index in [1.807, 2.05) is 0 Å². The van der Waals surface area contributed by atoms with Gasteiger partial charge in [-0.15, -0.1) is 0 Å². The smallest absolute Gasteiger partial charge is 0.280 e. The summed E-state index contributed by atoms with van der Waals surface area (Å²) >= 11 is 5.90. The zero-order valence-electron chi connectivity index (χ0n) is 15.4. The van der Waals surface area contributed by atoms with Crippen LogP contribution >= 0.6 is 11.6 Å². The van der Waals surface area contributed by atoms with Gasteiger partial charge in [0.1, 0.15) is 0 Å². The number of hydrazone groups is 1. The third kappa shape index (κ3) is 3.30. The third-order valence-corrected chi connectivity index (χ3v) is 6.54. The highest BCUT2D eigenvalue weighted by Gasteiger charge is 2.59. The molecular formula is C19H25ClN4O2. The molecule has 26 heavy (non-hydrogen) atoms. The van der Waals surface area contributed by atoms with Crippen LogP contribution in [0.5, 0.6) is 0 Å². The molecule has 2 fully saturated rings. The summed E-state index contributed by atoms with van der Waals surface area (Å²) in [4.78, 5) is 17.0. The van der Waals surface area contributed by atoms with Crippen molar-refractivity contribution in [2.24, 2.45) is 32.7 Å². The highest BCUT2D eigenvalue weighted by Crippen LogP contribution is 2.63. The highest BCUT2D eigenvalue weighted by atomic mass is 35.5. The number of amidine groups is 1. The number of oxime groups is 1. The largest absolute Gasteiger partial charge is 0.384 e. The maximum absolute atomic E-state index is 12.0. The van der Waals surface area contributed by atoms with Gasteiger partial charge in [0.25, 0.3) is 5.91 Å². The van der Waals surface area contributed by atoms with Gasteiger partial charge in [0.15, 0.2) is 12.4 Å². The van der Waals surface area contributed by atoms with E-state index >= 15 is 0 Å². The molecule has 6 nitrogen and oxygen atoms in total. The number of hydrogen-bond donors (Lipinski definition) is 2. The van der Waals surface area contributed by atoms with Gasteiger partial charge in [-0.1, -0.05) is 49.7 Å². The van der Waals surface area contributed by atoms with E-state index in [1.54, 1.807) is 24.3 Å². The van der Waals surface area contributed by atoms with Crippen LogP contribution in [0, 0.1) is 16.7 Å². The Hall–Kier alpha value is -2.08. The molecular weight excluding hydrogens is 352 g/mol. The first-order valence-corrected chi connectivity index (χ1v) is 9.19. The molecule has 2 aliphatic carbocycles. The zero-order valence-corrected chi connectivity index (χ0v) is 16.1. The average Bonchev–Trinajstić information content (AvgIpc) is 2.93. The number of amides is 1. The summed E-state index contributed by atoms with van der Waals surface area (Å²) in [7, 11) is 0. The molecule has 7 heteroatoms. The number of nitrogens with zero attached hydrogens (tertiary/aromatic N) is 2. The Balaban J connectivity index is 1.53. The van der Waals surface area contributed by atoms with Crippen molar-refractivity contribution < 1.29 is 9.63 Å². The number of hydrogen-bond acceptors (Lipinski definition) is 4. The Kier molecular flexibility index (Phi) is 4.97. The van der Waals surface area contributed by atoms with Gasteiger partial charge < -0.3 is 10.6 Å². The molecule has 2 saturated carbocycles. The van der Waals surface area contributed by atoms with Crippen LogP contribution in [0.3, 0.4) is 0 Å². The van der Waals surface area contributed by atoms with Crippen molar-refractivity contribution in [1.29, 1.82) is 0 Å². The number of benzene rings is 1. The maximum Gasteiger partial charge on any atom is 0.280 e. The van der Waals surface area contributed by atoms with Crippen molar-refractivity contribution in [2.75, 3.05) is 6.61 Å². The number of nitrogens with two attached hydrogens (primary N) is 1. The van der Waals surface area contributed by atoms with Crippen molar-refractivity contribution in [3.05, 3.63) is 34.9 Å². The molecule has 1 aromatic carbocycles. The van der Waals surface area contributed by atoms with Gasteiger partial charge in [-0.05, 0) is 42.7 Å². The van der Waals surface area contributed by atoms with Crippen molar-refractivity contribution in [3.63, 3.8) is 0 Å². The van der Waals surface area contributed by atoms with E-state index in [9.17, 15) is 4.79 Å². The van der Waals surface area contributed by atoms with E-state index in [1.165, 1.54) is 6.42 Å². The Morgan fingerprint density at radius 2 is 2.19 bits per heavy atom. The third-order valence-electron chi connectivity index (χ3n) is 6.31. The molecule has 0 spiro atoms. The molecule has 2 unspecified atom stereocenters. The summed E-state index contributed by atoms with van der Waals surface area (Å²) in [5.41, 5.74) is 10.4. The molecule has 2 atom stereocenters. The molecule has 1 amide bonds. The molecule has 1 aromatic rings. The zero-order chi connectivity index (χ0) is 18.9. The van der Waals surface area contributed by atoms with Crippen LogP contribution in [0.25, 0.3) is 0 Å². The molecule has 3 rings (SSSR count). The van der Waals surface area contributed by atoms with Crippen molar-refractivity contribution in [1.82, 2.24) is 5.43 Å². The lowest BCUT2D eigenvalue weighted by Gasteiger charge is -2.34. The number of fused-ring (bicyclic) bond motifs is 2. The molecule has 2 bridgehead atoms. The number of carbonyl (C=O) groups is 1. The predicted octanol–water partition coefficient (Wildman–Crippen LogP) is 3.30. The normalized spacial score (nSPS) is 28.4. The highest BCUT2D eigenvalue weighted by molar-refractivity contribution is 6.31. The fourth-order valence-electron chi connectivity index (χ4n) is 4.12. The van der Waals surface area contributed by atoms with Gasteiger partial charge >= 0.3 is 0 Å². The second-order valence-electron chi connectivity index (χ2n) is 7.85. The molecule has 0 aliphatic heterocycles. The molecule has 0 radical (unpaired) electrons. The molecule has 0 aromatic heterocycles. The molecule has 3 N–H and O–H groups in total. The van der Waals surface area contributed by atoms with Gasteiger partial charge in [-0.25, -0.2) is 5.43 Å². The Morgan fingerprint density at radius 1 is 1.42 bits per heavy atom. The quantitative estimate of drug-likeness (QED) is 0.469. The number of nitrogens with one attached hydrogen (secondary N) is 1. The second kappa shape index (κ2) is 6.91. The van der Waals surface area contributed by atoms with E-state index in [4.69, 9.17) is 22.2 Å². The lowest BCUT2D eigenvalue weighted by molar-refractivity contribution is -0.125. The minimum absolute atomic E-state index is 0.0565. The summed E-state index contributed by atoms with van der Waals surface area (Å²) < 4.78 is 0. The monoisotopic (exact) mass is 376 g/mol. The first-order valence-electron chi connectivity index (χ1n) is 8.81. The lowest BCUT2D eigenvalue weighted by atomic mass is 9.70. The van der Waals surface area contributed by atoms with Crippen molar-refractivity contribution in [2.45, 2.75) is 40.0 Å². The number of rotatable bonds is 5. The van der Waals surface area contributed by atoms with E-state index in [2.05, 4.69) is 36.5 Å². The summed E-state index contributed by atoms with van der Waals surface area (Å²) in [6.45, 7) is 6.59. The van der Waals surface area contributed by atoms with Gasteiger partial charge in [-0.3, -0.25) is 4.79 Å². The molecule has 0 heterocycles. The Bertz CT molecular complexity index is 775. The fourth-order valence-corrected chi connectivity index (χ4v) is 4.31. The van der Waals surface area contributed by atoms with Crippen LogP contribution < -0.4 is 11.2 Å². The molecule has 2 aliphatic rings. The number of halogens is 1. The lowest BCUT2D eigenvalue weighted by Crippen LogP contribution is -2.34. The summed E-state index contributed by atoms with van der Waals surface area (Å²) in [6.07, 6.45) is 3.30. The van der Waals surface area contributed by atoms with Crippen LogP contribution in [-0.4, -0.2) is 24.1 Å². The van der Waals surface area contributed by atoms with Gasteiger partial charge in [0.05, 0.1) is 0 Å². The maximum atomic E-state index is 12.0. The average molecular weight is 377 g/mol. The Labute approximate surface area is 158 Å². The fraction of sp³-hybridized carbons (Fsp3) is 0.526. The van der Waals surface area contributed by atoms with Crippen LogP contribution in [0.15, 0.2) is 34.5 Å². The van der Waals surface area contributed by atoms with E-state index < -0.39 is 0 Å². The second-order valence-corrected chi connectivity index (χ2v) is 8.28. The minimum Gasteiger partial charge on any atom is -0.384 e. The Morgan fingerprint density at radius 3 is 2.81 bits per heavy atom. The first-order chi connectivity index (χ1) is 12.2. The molecule has 0 saturated heterocycles. The van der Waals surface area contributed by atoms with Gasteiger partial charge in [0.2, 0.25) is 0 Å². The molecule has 140 valence electrons. The number of carbonyl (C=O) groups excluding carboxylic acids is 1. The van der Waals surface area contributed by atoms with Crippen LogP contribution in [-0.2, 0) is 9.63 Å². The van der Waals surface area contributed by atoms with E-state index in [0.717, 1.165) is 18.6 Å². The van der Waals surface area contributed by atoms with Crippen LogP contribution in [0.2, 0.25) is 5.02 Å². The summed E-state index contributed by atoms with van der Waals surface area (Å²) in [6, 6.07) is 6.94. The van der Waals surface area contributed by atoms with Gasteiger partial charge in [-0.2, -0.15) is 5.10 Å². The van der Waals surface area contributed by atoms with Gasteiger partial charge in [0, 0.05) is 21.7 Å². The van der Waals surface area contributed by atoms with Crippen molar-refractivity contribution >= 4 is 29.1 Å². The minimum atomic E-state index is -0.357. The van der Waals surface area contributed by atoms with E-state index in [-0.39, 0.29) is 29.2 Å². The van der Waals surface area contributed by atoms with Crippen LogP contribution in [0.4, 0.5) is 0 Å². The van der Waals surface area contributed by atoms with E-state index in [0.29, 0.717) is 16.5 Å². The summed E-state index contributed by atoms with van der Waals surface area (Å²) in [5.74, 6) is 0.444. The SMILES string of the molecule is CC12CCC(CC1=NNC(=O)CON=C(N)c1cccc(Cl)c1)C2(C)C. The van der Waals surface area contributed by atoms with Crippen LogP contribution in [0.1, 0.15) is 45.6 Å². The first kappa shape index (κ1) is 18.7.